The molecule has 0 bridgehead atoms. The van der Waals surface area contributed by atoms with Gasteiger partial charge < -0.3 is 19.4 Å². The number of hydrogen-bond donors (Lipinski definition) is 1. The summed E-state index contributed by atoms with van der Waals surface area (Å²) in [6.07, 6.45) is 0. The number of benzene rings is 3. The van der Waals surface area contributed by atoms with Gasteiger partial charge in [0.25, 0.3) is 5.91 Å². The third-order valence-corrected chi connectivity index (χ3v) is 5.61. The Labute approximate surface area is 202 Å². The second kappa shape index (κ2) is 10.3. The van der Waals surface area contributed by atoms with Crippen molar-refractivity contribution in [1.29, 1.82) is 0 Å². The number of rotatable bonds is 9. The fourth-order valence-corrected chi connectivity index (χ4v) is 3.81. The Hall–Kier alpha value is -4.40. The minimum atomic E-state index is -0.570. The van der Waals surface area contributed by atoms with Crippen LogP contribution < -0.4 is 15.0 Å². The first-order valence-electron chi connectivity index (χ1n) is 11.4. The summed E-state index contributed by atoms with van der Waals surface area (Å²) in [6, 6.07) is 17.3. The Balaban J connectivity index is 1.54. The van der Waals surface area contributed by atoms with Crippen molar-refractivity contribution in [2.24, 2.45) is 0 Å². The quantitative estimate of drug-likeness (QED) is 0.237. The van der Waals surface area contributed by atoms with E-state index in [2.05, 4.69) is 29.0 Å². The normalized spacial score (nSPS) is 10.8. The van der Waals surface area contributed by atoms with E-state index in [1.165, 1.54) is 18.2 Å². The summed E-state index contributed by atoms with van der Waals surface area (Å²) < 4.78 is 11.2. The molecule has 0 radical (unpaired) electrons. The average molecular weight is 475 g/mol. The Morgan fingerprint density at radius 2 is 1.80 bits per heavy atom. The molecule has 35 heavy (non-hydrogen) atoms. The van der Waals surface area contributed by atoms with Gasteiger partial charge in [0, 0.05) is 41.7 Å². The summed E-state index contributed by atoms with van der Waals surface area (Å²) >= 11 is 0. The van der Waals surface area contributed by atoms with Crippen molar-refractivity contribution < 1.29 is 18.9 Å². The first-order chi connectivity index (χ1) is 16.9. The van der Waals surface area contributed by atoms with Crippen LogP contribution in [0.25, 0.3) is 22.6 Å². The Morgan fingerprint density at radius 1 is 1.06 bits per heavy atom. The zero-order chi connectivity index (χ0) is 24.9. The van der Waals surface area contributed by atoms with Crippen LogP contribution in [-0.4, -0.2) is 35.5 Å². The number of nitrogens with one attached hydrogen (secondary N) is 1. The van der Waals surface area contributed by atoms with E-state index >= 15 is 0 Å². The number of amides is 1. The Bertz CT molecular complexity index is 1360. The molecule has 180 valence electrons. The molecule has 4 aromatic rings. The molecule has 9 nitrogen and oxygen atoms in total. The molecular weight excluding hydrogens is 448 g/mol. The van der Waals surface area contributed by atoms with Crippen molar-refractivity contribution in [1.82, 2.24) is 4.98 Å². The Kier molecular flexibility index (Phi) is 6.96. The molecule has 1 heterocycles. The molecule has 0 atom stereocenters. The predicted octanol–water partition coefficient (Wildman–Crippen LogP) is 5.90. The topological polar surface area (TPSA) is 111 Å². The molecule has 0 saturated carbocycles. The van der Waals surface area contributed by atoms with E-state index in [9.17, 15) is 14.9 Å². The number of nitro groups is 1. The van der Waals surface area contributed by atoms with Crippen LogP contribution in [-0.2, 0) is 0 Å². The molecule has 9 heteroatoms. The molecule has 0 aliphatic rings. The van der Waals surface area contributed by atoms with Crippen molar-refractivity contribution in [3.8, 4) is 17.2 Å². The highest BCUT2D eigenvalue weighted by atomic mass is 16.6. The van der Waals surface area contributed by atoms with Crippen LogP contribution in [0, 0.1) is 10.1 Å². The lowest BCUT2D eigenvalue weighted by molar-refractivity contribution is -0.385. The van der Waals surface area contributed by atoms with E-state index in [-0.39, 0.29) is 23.6 Å². The summed E-state index contributed by atoms with van der Waals surface area (Å²) in [4.78, 5) is 30.3. The molecule has 3 aromatic carbocycles. The van der Waals surface area contributed by atoms with E-state index in [0.29, 0.717) is 22.7 Å². The maximum absolute atomic E-state index is 12.7. The number of nitrogens with zero attached hydrogens (tertiary/aromatic N) is 3. The molecular formula is C26H26N4O5. The van der Waals surface area contributed by atoms with Gasteiger partial charge in [0.1, 0.15) is 5.52 Å². The van der Waals surface area contributed by atoms with Gasteiger partial charge >= 0.3 is 5.69 Å². The van der Waals surface area contributed by atoms with E-state index in [1.807, 2.05) is 24.3 Å². The van der Waals surface area contributed by atoms with Crippen molar-refractivity contribution in [3.63, 3.8) is 0 Å². The largest absolute Gasteiger partial charge is 0.487 e. The molecule has 1 N–H and O–H groups in total. The van der Waals surface area contributed by atoms with Crippen LogP contribution in [0.2, 0.25) is 0 Å². The first-order valence-corrected chi connectivity index (χ1v) is 11.4. The minimum absolute atomic E-state index is 0.121. The van der Waals surface area contributed by atoms with Crippen molar-refractivity contribution in [2.75, 3.05) is 29.9 Å². The second-order valence-electron chi connectivity index (χ2n) is 7.75. The zero-order valence-electron chi connectivity index (χ0n) is 19.8. The van der Waals surface area contributed by atoms with Crippen LogP contribution in [0.4, 0.5) is 17.1 Å². The van der Waals surface area contributed by atoms with Gasteiger partial charge in [-0.15, -0.1) is 0 Å². The summed E-state index contributed by atoms with van der Waals surface area (Å²) in [5.41, 5.74) is 3.54. The lowest BCUT2D eigenvalue weighted by atomic mass is 10.1. The molecule has 0 unspecified atom stereocenters. The van der Waals surface area contributed by atoms with Gasteiger partial charge in [-0.25, -0.2) is 4.98 Å². The maximum atomic E-state index is 12.7. The summed E-state index contributed by atoms with van der Waals surface area (Å²) in [5, 5.41) is 14.1. The number of ether oxygens (including phenoxy) is 1. The zero-order valence-corrected chi connectivity index (χ0v) is 19.8. The standard InChI is InChI=1S/C26H26N4O5/c1-4-29(5-2)20-11-7-17(8-12-20)26-28-21-16-19(10-14-23(21)35-26)27-25(31)18-9-13-24(34-6-3)22(15-18)30(32)33/h7-16H,4-6H2,1-3H3,(H,27,31). The molecule has 1 amide bonds. The fourth-order valence-electron chi connectivity index (χ4n) is 3.81. The highest BCUT2D eigenvalue weighted by Gasteiger charge is 2.19. The number of carbonyl (C=O) groups is 1. The van der Waals surface area contributed by atoms with Gasteiger partial charge in [-0.2, -0.15) is 0 Å². The summed E-state index contributed by atoms with van der Waals surface area (Å²) in [5.74, 6) is 0.124. The summed E-state index contributed by atoms with van der Waals surface area (Å²) in [7, 11) is 0. The van der Waals surface area contributed by atoms with Gasteiger partial charge in [0.2, 0.25) is 5.89 Å². The lowest BCUT2D eigenvalue weighted by Crippen LogP contribution is -2.21. The maximum Gasteiger partial charge on any atom is 0.311 e. The molecule has 0 spiro atoms. The second-order valence-corrected chi connectivity index (χ2v) is 7.75. The van der Waals surface area contributed by atoms with Gasteiger partial charge in [-0.1, -0.05) is 0 Å². The van der Waals surface area contributed by atoms with E-state index in [1.54, 1.807) is 25.1 Å². The molecule has 0 aliphatic carbocycles. The number of fused-ring (bicyclic) bond motifs is 1. The highest BCUT2D eigenvalue weighted by Crippen LogP contribution is 2.30. The first kappa shape index (κ1) is 23.7. The van der Waals surface area contributed by atoms with Gasteiger partial charge in [0.05, 0.1) is 11.5 Å². The lowest BCUT2D eigenvalue weighted by Gasteiger charge is -2.20. The van der Waals surface area contributed by atoms with Crippen LogP contribution in [0.15, 0.2) is 65.1 Å². The van der Waals surface area contributed by atoms with Crippen molar-refractivity contribution in [3.05, 3.63) is 76.3 Å². The Morgan fingerprint density at radius 3 is 2.46 bits per heavy atom. The molecule has 0 aliphatic heterocycles. The smallest absolute Gasteiger partial charge is 0.311 e. The third-order valence-electron chi connectivity index (χ3n) is 5.61. The average Bonchev–Trinajstić information content (AvgIpc) is 3.29. The van der Waals surface area contributed by atoms with Crippen LogP contribution >= 0.6 is 0 Å². The fraction of sp³-hybridized carbons (Fsp3) is 0.231. The minimum Gasteiger partial charge on any atom is -0.487 e. The molecule has 1 aromatic heterocycles. The van der Waals surface area contributed by atoms with Gasteiger partial charge in [-0.05, 0) is 75.4 Å². The molecule has 0 fully saturated rings. The predicted molar refractivity (Wildman–Crippen MR) is 135 cm³/mol. The number of anilines is 2. The van der Waals surface area contributed by atoms with E-state index in [0.717, 1.165) is 24.3 Å². The number of carbonyl (C=O) groups excluding carboxylic acids is 1. The number of oxazole rings is 1. The van der Waals surface area contributed by atoms with Crippen LogP contribution in [0.5, 0.6) is 5.75 Å². The van der Waals surface area contributed by atoms with E-state index < -0.39 is 10.8 Å². The highest BCUT2D eigenvalue weighted by molar-refractivity contribution is 6.05. The molecule has 4 rings (SSSR count). The van der Waals surface area contributed by atoms with Crippen LogP contribution in [0.1, 0.15) is 31.1 Å². The third kappa shape index (κ3) is 5.08. The van der Waals surface area contributed by atoms with E-state index in [4.69, 9.17) is 9.15 Å². The van der Waals surface area contributed by atoms with Gasteiger partial charge in [0.15, 0.2) is 11.3 Å². The monoisotopic (exact) mass is 474 g/mol. The SMILES string of the molecule is CCOc1ccc(C(=O)Nc2ccc3oc(-c4ccc(N(CC)CC)cc4)nc3c2)cc1[N+](=O)[O-]. The van der Waals surface area contributed by atoms with Gasteiger partial charge in [-0.3, -0.25) is 14.9 Å². The number of nitro benzene ring substituents is 1. The van der Waals surface area contributed by atoms with Crippen molar-refractivity contribution in [2.45, 2.75) is 20.8 Å². The van der Waals surface area contributed by atoms with Crippen LogP contribution in [0.3, 0.4) is 0 Å². The number of hydrogen-bond acceptors (Lipinski definition) is 7. The van der Waals surface area contributed by atoms with Crippen molar-refractivity contribution >= 4 is 34.1 Å². The summed E-state index contributed by atoms with van der Waals surface area (Å²) in [6.45, 7) is 8.11. The molecule has 0 saturated heterocycles. The number of aromatic nitrogens is 1.